The van der Waals surface area contributed by atoms with Gasteiger partial charge in [0.2, 0.25) is 0 Å². The van der Waals surface area contributed by atoms with E-state index in [1.165, 1.54) is 32.1 Å². The third kappa shape index (κ3) is 3.40. The topological polar surface area (TPSA) is 61.5 Å². The van der Waals surface area contributed by atoms with E-state index in [0.29, 0.717) is 5.16 Å². The van der Waals surface area contributed by atoms with Gasteiger partial charge in [-0.2, -0.15) is 0 Å². The van der Waals surface area contributed by atoms with Crippen molar-refractivity contribution < 1.29 is 0 Å². The molecule has 0 radical (unpaired) electrons. The molecule has 1 aliphatic rings. The Balaban J connectivity index is 1.66. The van der Waals surface area contributed by atoms with Gasteiger partial charge in [0, 0.05) is 5.75 Å². The zero-order valence-corrected chi connectivity index (χ0v) is 10.5. The summed E-state index contributed by atoms with van der Waals surface area (Å²) in [7, 11) is 0. The van der Waals surface area contributed by atoms with Gasteiger partial charge in [0.1, 0.15) is 0 Å². The zero-order chi connectivity index (χ0) is 11.4. The Labute approximate surface area is 99.6 Å². The van der Waals surface area contributed by atoms with Crippen LogP contribution in [0.25, 0.3) is 0 Å². The van der Waals surface area contributed by atoms with Gasteiger partial charge in [-0.15, -0.1) is 5.10 Å². The van der Waals surface area contributed by atoms with Crippen LogP contribution in [0.5, 0.6) is 0 Å². The molecule has 0 spiro atoms. The third-order valence-electron chi connectivity index (χ3n) is 3.38. The molecule has 1 fully saturated rings. The minimum absolute atomic E-state index is 0.214. The average molecular weight is 241 g/mol. The van der Waals surface area contributed by atoms with E-state index in [-0.39, 0.29) is 5.69 Å². The predicted molar refractivity (Wildman–Crippen MR) is 65.7 cm³/mol. The number of hydrogen-bond donors (Lipinski definition) is 2. The van der Waals surface area contributed by atoms with Crippen LogP contribution in [0.15, 0.2) is 9.95 Å². The van der Waals surface area contributed by atoms with Crippen molar-refractivity contribution in [3.8, 4) is 0 Å². The molecule has 4 nitrogen and oxygen atoms in total. The second-order valence-corrected chi connectivity index (χ2v) is 5.83. The minimum atomic E-state index is -0.214. The maximum atomic E-state index is 10.8. The van der Waals surface area contributed by atoms with Crippen LogP contribution >= 0.6 is 11.8 Å². The molecule has 90 valence electrons. The van der Waals surface area contributed by atoms with Gasteiger partial charge in [-0.05, 0) is 18.3 Å². The van der Waals surface area contributed by atoms with Gasteiger partial charge >= 0.3 is 5.69 Å². The molecule has 0 aliphatic heterocycles. The largest absolute Gasteiger partial charge is 0.341 e. The van der Waals surface area contributed by atoms with Gasteiger partial charge in [-0.25, -0.2) is 9.89 Å². The van der Waals surface area contributed by atoms with Crippen LogP contribution in [0.3, 0.4) is 0 Å². The number of rotatable bonds is 4. The first-order chi connectivity index (χ1) is 7.74. The Morgan fingerprint density at radius 3 is 2.75 bits per heavy atom. The molecular formula is C11H19N3OS. The summed E-state index contributed by atoms with van der Waals surface area (Å²) in [5.41, 5.74) is -0.214. The van der Waals surface area contributed by atoms with Gasteiger partial charge < -0.3 is 0 Å². The summed E-state index contributed by atoms with van der Waals surface area (Å²) >= 11 is 1.64. The lowest BCUT2D eigenvalue weighted by molar-refractivity contribution is 0.285. The normalized spacial score (nSPS) is 25.8. The van der Waals surface area contributed by atoms with Gasteiger partial charge in [0.05, 0.1) is 0 Å². The highest BCUT2D eigenvalue weighted by molar-refractivity contribution is 7.99. The lowest BCUT2D eigenvalue weighted by atomic mass is 9.82. The molecule has 0 unspecified atom stereocenters. The Morgan fingerprint density at radius 1 is 1.38 bits per heavy atom. The second-order valence-electron chi connectivity index (χ2n) is 4.75. The average Bonchev–Trinajstić information content (AvgIpc) is 2.67. The monoisotopic (exact) mass is 241 g/mol. The van der Waals surface area contributed by atoms with Crippen LogP contribution in [0.1, 0.15) is 39.0 Å². The number of hydrogen-bond acceptors (Lipinski definition) is 3. The molecule has 1 saturated carbocycles. The van der Waals surface area contributed by atoms with E-state index in [1.54, 1.807) is 11.8 Å². The second kappa shape index (κ2) is 5.57. The smallest absolute Gasteiger partial charge is 0.284 e. The van der Waals surface area contributed by atoms with Crippen molar-refractivity contribution in [2.75, 3.05) is 5.75 Å². The third-order valence-corrected chi connectivity index (χ3v) is 4.29. The van der Waals surface area contributed by atoms with E-state index in [2.05, 4.69) is 22.1 Å². The van der Waals surface area contributed by atoms with E-state index in [0.717, 1.165) is 17.6 Å². The van der Waals surface area contributed by atoms with Gasteiger partial charge in [0.15, 0.2) is 5.16 Å². The number of thioether (sulfide) groups is 1. The molecule has 5 heteroatoms. The Morgan fingerprint density at radius 2 is 2.12 bits per heavy atom. The van der Waals surface area contributed by atoms with E-state index in [4.69, 9.17) is 0 Å². The Hall–Kier alpha value is -0.710. The van der Waals surface area contributed by atoms with Gasteiger partial charge in [-0.1, -0.05) is 44.4 Å². The van der Waals surface area contributed by atoms with E-state index in [9.17, 15) is 4.79 Å². The lowest BCUT2D eigenvalue weighted by Gasteiger charge is -2.25. The molecule has 2 rings (SSSR count). The molecule has 1 heterocycles. The summed E-state index contributed by atoms with van der Waals surface area (Å²) in [6.45, 7) is 2.35. The van der Waals surface area contributed by atoms with Crippen LogP contribution in [0.4, 0.5) is 0 Å². The Kier molecular flexibility index (Phi) is 4.09. The van der Waals surface area contributed by atoms with Gasteiger partial charge in [-0.3, -0.25) is 4.98 Å². The SMILES string of the molecule is CC1CCC(CCSc2n[nH]c(=O)[nH]2)CC1. The molecule has 1 aromatic heterocycles. The fourth-order valence-electron chi connectivity index (χ4n) is 2.26. The first-order valence-electron chi connectivity index (χ1n) is 6.01. The highest BCUT2D eigenvalue weighted by atomic mass is 32.2. The van der Waals surface area contributed by atoms with Crippen molar-refractivity contribution in [3.63, 3.8) is 0 Å². The lowest BCUT2D eigenvalue weighted by Crippen LogP contribution is -2.12. The molecule has 16 heavy (non-hydrogen) atoms. The fraction of sp³-hybridized carbons (Fsp3) is 0.818. The summed E-state index contributed by atoms with van der Waals surface area (Å²) in [6.07, 6.45) is 6.76. The first-order valence-corrected chi connectivity index (χ1v) is 7.00. The molecule has 1 aromatic rings. The quantitative estimate of drug-likeness (QED) is 0.796. The summed E-state index contributed by atoms with van der Waals surface area (Å²) in [4.78, 5) is 13.5. The standard InChI is InChI=1S/C11H19N3OS/c1-8-2-4-9(5-3-8)6-7-16-11-12-10(15)13-14-11/h8-9H,2-7H2,1H3,(H2,12,13,14,15). The van der Waals surface area contributed by atoms with E-state index in [1.807, 2.05) is 0 Å². The summed E-state index contributed by atoms with van der Waals surface area (Å²) in [5, 5.41) is 6.98. The zero-order valence-electron chi connectivity index (χ0n) is 9.66. The fourth-order valence-corrected chi connectivity index (χ4v) is 3.18. The van der Waals surface area contributed by atoms with E-state index >= 15 is 0 Å². The van der Waals surface area contributed by atoms with Crippen molar-refractivity contribution in [2.45, 2.75) is 44.2 Å². The minimum Gasteiger partial charge on any atom is -0.284 e. The van der Waals surface area contributed by atoms with E-state index < -0.39 is 0 Å². The van der Waals surface area contributed by atoms with Crippen LogP contribution < -0.4 is 5.69 Å². The highest BCUT2D eigenvalue weighted by Crippen LogP contribution is 2.31. The first kappa shape index (κ1) is 11.8. The van der Waals surface area contributed by atoms with Crippen molar-refractivity contribution in [1.29, 1.82) is 0 Å². The van der Waals surface area contributed by atoms with Crippen molar-refractivity contribution >= 4 is 11.8 Å². The maximum absolute atomic E-state index is 10.8. The number of aromatic nitrogens is 3. The molecular weight excluding hydrogens is 222 g/mol. The maximum Gasteiger partial charge on any atom is 0.341 e. The molecule has 0 amide bonds. The molecule has 0 atom stereocenters. The number of nitrogens with zero attached hydrogens (tertiary/aromatic N) is 1. The number of aromatic amines is 2. The summed E-state index contributed by atoms with van der Waals surface area (Å²) in [5.74, 6) is 2.86. The van der Waals surface area contributed by atoms with Crippen molar-refractivity contribution in [2.24, 2.45) is 11.8 Å². The predicted octanol–water partition coefficient (Wildman–Crippen LogP) is 2.41. The number of nitrogens with one attached hydrogen (secondary N) is 2. The number of H-pyrrole nitrogens is 2. The highest BCUT2D eigenvalue weighted by Gasteiger charge is 2.17. The molecule has 0 saturated heterocycles. The summed E-state index contributed by atoms with van der Waals surface area (Å²) < 4.78 is 0. The molecule has 1 aliphatic carbocycles. The molecule has 2 N–H and O–H groups in total. The van der Waals surface area contributed by atoms with Gasteiger partial charge in [0.25, 0.3) is 0 Å². The van der Waals surface area contributed by atoms with Crippen molar-refractivity contribution in [3.05, 3.63) is 10.5 Å². The van der Waals surface area contributed by atoms with Crippen molar-refractivity contribution in [1.82, 2.24) is 15.2 Å². The van der Waals surface area contributed by atoms with Crippen LogP contribution in [0.2, 0.25) is 0 Å². The summed E-state index contributed by atoms with van der Waals surface area (Å²) in [6, 6.07) is 0. The Bertz CT molecular complexity index is 365. The van der Waals surface area contributed by atoms with Crippen LogP contribution in [-0.4, -0.2) is 20.9 Å². The molecule has 0 bridgehead atoms. The van der Waals surface area contributed by atoms with Crippen LogP contribution in [0, 0.1) is 11.8 Å². The molecule has 0 aromatic carbocycles. The van der Waals surface area contributed by atoms with Crippen LogP contribution in [-0.2, 0) is 0 Å².